The quantitative estimate of drug-likeness (QED) is 0.699. The fourth-order valence-corrected chi connectivity index (χ4v) is 2.42. The van der Waals surface area contributed by atoms with Crippen molar-refractivity contribution >= 4 is 33.9 Å². The smallest absolute Gasteiger partial charge is 0.0966 e. The van der Waals surface area contributed by atoms with Crippen molar-refractivity contribution < 1.29 is 0 Å². The molecule has 0 unspecified atom stereocenters. The van der Waals surface area contributed by atoms with E-state index in [0.29, 0.717) is 0 Å². The Morgan fingerprint density at radius 1 is 1.67 bits per heavy atom. The molecule has 9 heavy (non-hydrogen) atoms. The molecule has 0 spiro atoms. The van der Waals surface area contributed by atoms with E-state index < -0.39 is 0 Å². The molecule has 48 valence electrons. The SMILES string of the molecule is Ic1cnc(C2CC2)s1. The van der Waals surface area contributed by atoms with Crippen molar-refractivity contribution in [3.05, 3.63) is 14.1 Å². The van der Waals surface area contributed by atoms with Crippen LogP contribution in [0.4, 0.5) is 0 Å². The molecule has 0 atom stereocenters. The van der Waals surface area contributed by atoms with Crippen molar-refractivity contribution in [2.45, 2.75) is 18.8 Å². The number of hydrogen-bond acceptors (Lipinski definition) is 2. The summed E-state index contributed by atoms with van der Waals surface area (Å²) in [6, 6.07) is 0. The predicted molar refractivity (Wildman–Crippen MR) is 46.8 cm³/mol. The van der Waals surface area contributed by atoms with Crippen molar-refractivity contribution in [3.63, 3.8) is 0 Å². The zero-order valence-electron chi connectivity index (χ0n) is 4.80. The Morgan fingerprint density at radius 2 is 2.44 bits per heavy atom. The maximum atomic E-state index is 4.29. The summed E-state index contributed by atoms with van der Waals surface area (Å²) < 4.78 is 1.31. The molecule has 1 heterocycles. The van der Waals surface area contributed by atoms with Gasteiger partial charge in [0.15, 0.2) is 0 Å². The second-order valence-corrected chi connectivity index (χ2v) is 5.23. The van der Waals surface area contributed by atoms with Gasteiger partial charge in [-0.25, -0.2) is 4.98 Å². The van der Waals surface area contributed by atoms with E-state index in [-0.39, 0.29) is 0 Å². The van der Waals surface area contributed by atoms with E-state index in [4.69, 9.17) is 0 Å². The minimum Gasteiger partial charge on any atom is -0.248 e. The van der Waals surface area contributed by atoms with Gasteiger partial charge in [-0.05, 0) is 35.4 Å². The van der Waals surface area contributed by atoms with Crippen LogP contribution in [0.5, 0.6) is 0 Å². The molecule has 0 saturated heterocycles. The fraction of sp³-hybridized carbons (Fsp3) is 0.500. The Bertz CT molecular complexity index is 217. The third-order valence-corrected chi connectivity index (χ3v) is 3.31. The molecule has 1 aliphatic carbocycles. The minimum atomic E-state index is 0.832. The number of nitrogens with zero attached hydrogens (tertiary/aromatic N) is 1. The van der Waals surface area contributed by atoms with Crippen LogP contribution in [0.15, 0.2) is 6.20 Å². The zero-order chi connectivity index (χ0) is 6.27. The van der Waals surface area contributed by atoms with Crippen LogP contribution in [0.1, 0.15) is 23.8 Å². The van der Waals surface area contributed by atoms with Gasteiger partial charge in [-0.15, -0.1) is 11.3 Å². The third-order valence-electron chi connectivity index (χ3n) is 1.42. The van der Waals surface area contributed by atoms with E-state index in [1.54, 1.807) is 0 Å². The summed E-state index contributed by atoms with van der Waals surface area (Å²) >= 11 is 4.15. The molecule has 1 aliphatic rings. The second kappa shape index (κ2) is 2.20. The van der Waals surface area contributed by atoms with Crippen LogP contribution in [0.2, 0.25) is 0 Å². The molecule has 0 radical (unpaired) electrons. The molecule has 0 bridgehead atoms. The first-order valence-electron chi connectivity index (χ1n) is 2.97. The average Bonchev–Trinajstić information content (AvgIpc) is 2.58. The predicted octanol–water partition coefficient (Wildman–Crippen LogP) is 2.63. The molecule has 1 nitrogen and oxygen atoms in total. The van der Waals surface area contributed by atoms with Crippen molar-refractivity contribution in [2.24, 2.45) is 0 Å². The highest BCUT2D eigenvalue weighted by Crippen LogP contribution is 2.41. The number of aromatic nitrogens is 1. The van der Waals surface area contributed by atoms with Crippen LogP contribution in [0.25, 0.3) is 0 Å². The molecule has 1 saturated carbocycles. The largest absolute Gasteiger partial charge is 0.248 e. The molecular formula is C6H6INS. The van der Waals surface area contributed by atoms with Gasteiger partial charge in [0.1, 0.15) is 0 Å². The van der Waals surface area contributed by atoms with Gasteiger partial charge < -0.3 is 0 Å². The number of thiazole rings is 1. The monoisotopic (exact) mass is 251 g/mol. The number of hydrogen-bond donors (Lipinski definition) is 0. The molecule has 1 aromatic rings. The summed E-state index contributed by atoms with van der Waals surface area (Å²) in [6.45, 7) is 0. The maximum absolute atomic E-state index is 4.29. The molecule has 0 amide bonds. The van der Waals surface area contributed by atoms with Crippen LogP contribution >= 0.6 is 33.9 Å². The Hall–Kier alpha value is 0.360. The van der Waals surface area contributed by atoms with E-state index in [0.717, 1.165) is 5.92 Å². The van der Waals surface area contributed by atoms with Gasteiger partial charge in [0, 0.05) is 5.92 Å². The van der Waals surface area contributed by atoms with Crippen molar-refractivity contribution in [1.29, 1.82) is 0 Å². The Kier molecular flexibility index (Phi) is 1.49. The average molecular weight is 251 g/mol. The van der Waals surface area contributed by atoms with E-state index in [1.807, 2.05) is 17.5 Å². The first-order valence-corrected chi connectivity index (χ1v) is 4.87. The topological polar surface area (TPSA) is 12.9 Å². The third kappa shape index (κ3) is 1.26. The standard InChI is InChI=1S/C6H6INS/c7-5-3-8-6(9-5)4-1-2-4/h3-4H,1-2H2. The van der Waals surface area contributed by atoms with Gasteiger partial charge in [-0.3, -0.25) is 0 Å². The molecular weight excluding hydrogens is 245 g/mol. The maximum Gasteiger partial charge on any atom is 0.0966 e. The van der Waals surface area contributed by atoms with Crippen molar-refractivity contribution in [2.75, 3.05) is 0 Å². The van der Waals surface area contributed by atoms with Crippen molar-refractivity contribution in [1.82, 2.24) is 4.98 Å². The molecule has 0 aliphatic heterocycles. The van der Waals surface area contributed by atoms with Gasteiger partial charge >= 0.3 is 0 Å². The lowest BCUT2D eigenvalue weighted by atomic mass is 10.5. The Morgan fingerprint density at radius 3 is 2.89 bits per heavy atom. The lowest BCUT2D eigenvalue weighted by Gasteiger charge is -1.81. The first-order chi connectivity index (χ1) is 4.36. The van der Waals surface area contributed by atoms with Gasteiger partial charge in [0.25, 0.3) is 0 Å². The molecule has 1 fully saturated rings. The van der Waals surface area contributed by atoms with Crippen LogP contribution in [0.3, 0.4) is 0 Å². The van der Waals surface area contributed by atoms with E-state index in [9.17, 15) is 0 Å². The number of halogens is 1. The summed E-state index contributed by atoms with van der Waals surface area (Å²) in [5, 5.41) is 1.35. The first kappa shape index (κ1) is 6.09. The van der Waals surface area contributed by atoms with Crippen LogP contribution < -0.4 is 0 Å². The molecule has 0 N–H and O–H groups in total. The van der Waals surface area contributed by atoms with Gasteiger partial charge in [-0.2, -0.15) is 0 Å². The van der Waals surface area contributed by atoms with Gasteiger partial charge in [-0.1, -0.05) is 0 Å². The summed E-state index contributed by atoms with van der Waals surface area (Å²) in [7, 11) is 0. The summed E-state index contributed by atoms with van der Waals surface area (Å²) in [6.07, 6.45) is 4.69. The highest BCUT2D eigenvalue weighted by atomic mass is 127. The lowest BCUT2D eigenvalue weighted by Crippen LogP contribution is -1.70. The molecule has 2 rings (SSSR count). The summed E-state index contributed by atoms with van der Waals surface area (Å²) in [4.78, 5) is 4.29. The van der Waals surface area contributed by atoms with Gasteiger partial charge in [0.2, 0.25) is 0 Å². The van der Waals surface area contributed by atoms with Crippen LogP contribution in [-0.2, 0) is 0 Å². The molecule has 3 heteroatoms. The van der Waals surface area contributed by atoms with Crippen LogP contribution in [-0.4, -0.2) is 4.98 Å². The Labute approximate surface area is 71.6 Å². The minimum absolute atomic E-state index is 0.832. The van der Waals surface area contributed by atoms with E-state index in [2.05, 4.69) is 27.6 Å². The van der Waals surface area contributed by atoms with Crippen molar-refractivity contribution in [3.8, 4) is 0 Å². The number of rotatable bonds is 1. The van der Waals surface area contributed by atoms with E-state index >= 15 is 0 Å². The second-order valence-electron chi connectivity index (χ2n) is 2.28. The molecule has 0 aromatic carbocycles. The highest BCUT2D eigenvalue weighted by molar-refractivity contribution is 14.1. The fourth-order valence-electron chi connectivity index (χ4n) is 0.786. The highest BCUT2D eigenvalue weighted by Gasteiger charge is 2.26. The summed E-state index contributed by atoms with van der Waals surface area (Å²) in [5.41, 5.74) is 0. The summed E-state index contributed by atoms with van der Waals surface area (Å²) in [5.74, 6) is 0.832. The Balaban J connectivity index is 2.28. The normalized spacial score (nSPS) is 18.3. The molecule has 1 aromatic heterocycles. The zero-order valence-corrected chi connectivity index (χ0v) is 7.78. The lowest BCUT2D eigenvalue weighted by molar-refractivity contribution is 1.08. The van der Waals surface area contributed by atoms with Crippen LogP contribution in [0, 0.1) is 2.88 Å². The van der Waals surface area contributed by atoms with Gasteiger partial charge in [0.05, 0.1) is 14.1 Å². The van der Waals surface area contributed by atoms with E-state index in [1.165, 1.54) is 20.7 Å².